The first-order valence-electron chi connectivity index (χ1n) is 6.08. The van der Waals surface area contributed by atoms with Crippen molar-refractivity contribution in [2.45, 2.75) is 18.1 Å². The molecule has 2 aromatic rings. The number of benzene rings is 1. The number of hydrogen-bond acceptors (Lipinski definition) is 4. The van der Waals surface area contributed by atoms with E-state index in [0.29, 0.717) is 10.8 Å². The van der Waals surface area contributed by atoms with Crippen LogP contribution in [0.2, 0.25) is 5.02 Å². The summed E-state index contributed by atoms with van der Waals surface area (Å²) < 4.78 is 1.78. The number of hydrogen-bond donors (Lipinski definition) is 1. The van der Waals surface area contributed by atoms with E-state index >= 15 is 0 Å². The summed E-state index contributed by atoms with van der Waals surface area (Å²) in [6.45, 7) is 1.94. The highest BCUT2D eigenvalue weighted by Crippen LogP contribution is 2.17. The molecule has 0 saturated carbocycles. The number of aromatic nitrogens is 3. The van der Waals surface area contributed by atoms with Crippen LogP contribution in [0, 0.1) is 0 Å². The first-order valence-corrected chi connectivity index (χ1v) is 7.44. The van der Waals surface area contributed by atoms with Gasteiger partial charge in [-0.05, 0) is 24.6 Å². The predicted octanol–water partition coefficient (Wildman–Crippen LogP) is 2.44. The summed E-state index contributed by atoms with van der Waals surface area (Å²) in [5, 5.41) is 12.0. The molecule has 0 saturated heterocycles. The molecule has 2 rings (SSSR count). The zero-order chi connectivity index (χ0) is 14.5. The molecular weight excluding hydrogens is 296 g/mol. The normalized spacial score (nSPS) is 12.2. The fourth-order valence-electron chi connectivity index (χ4n) is 1.65. The molecule has 0 fully saturated rings. The molecular formula is C13H15ClN4OS. The van der Waals surface area contributed by atoms with Crippen LogP contribution in [0.1, 0.15) is 18.5 Å². The quantitative estimate of drug-likeness (QED) is 0.862. The van der Waals surface area contributed by atoms with Crippen LogP contribution < -0.4 is 5.32 Å². The van der Waals surface area contributed by atoms with E-state index < -0.39 is 0 Å². The Labute approximate surface area is 126 Å². The van der Waals surface area contributed by atoms with Gasteiger partial charge in [-0.15, -0.1) is 10.2 Å². The van der Waals surface area contributed by atoms with Crippen LogP contribution in [-0.2, 0) is 11.8 Å². The third-order valence-electron chi connectivity index (χ3n) is 2.75. The topological polar surface area (TPSA) is 59.8 Å². The van der Waals surface area contributed by atoms with Crippen molar-refractivity contribution in [2.24, 2.45) is 7.05 Å². The van der Waals surface area contributed by atoms with Crippen LogP contribution in [-0.4, -0.2) is 26.4 Å². The maximum absolute atomic E-state index is 11.9. The van der Waals surface area contributed by atoms with Gasteiger partial charge >= 0.3 is 0 Å². The van der Waals surface area contributed by atoms with Crippen molar-refractivity contribution in [1.82, 2.24) is 20.1 Å². The summed E-state index contributed by atoms with van der Waals surface area (Å²) in [7, 11) is 1.84. The second kappa shape index (κ2) is 6.76. The lowest BCUT2D eigenvalue weighted by molar-refractivity contribution is -0.119. The summed E-state index contributed by atoms with van der Waals surface area (Å²) in [6.07, 6.45) is 1.61. The van der Waals surface area contributed by atoms with Crippen molar-refractivity contribution in [3.05, 3.63) is 41.2 Å². The minimum atomic E-state index is -0.0557. The van der Waals surface area contributed by atoms with Gasteiger partial charge in [-0.1, -0.05) is 35.5 Å². The minimum Gasteiger partial charge on any atom is -0.349 e. The van der Waals surface area contributed by atoms with Crippen molar-refractivity contribution in [3.8, 4) is 0 Å². The highest BCUT2D eigenvalue weighted by Gasteiger charge is 2.11. The molecule has 1 atom stereocenters. The summed E-state index contributed by atoms with van der Waals surface area (Å²) in [6, 6.07) is 7.38. The fraction of sp³-hybridized carbons (Fsp3) is 0.308. The van der Waals surface area contributed by atoms with E-state index in [1.807, 2.05) is 38.2 Å². The number of aryl methyl sites for hydroxylation is 1. The molecule has 106 valence electrons. The third kappa shape index (κ3) is 3.98. The number of thioether (sulfide) groups is 1. The van der Waals surface area contributed by atoms with Gasteiger partial charge in [-0.25, -0.2) is 0 Å². The lowest BCUT2D eigenvalue weighted by Gasteiger charge is -2.14. The predicted molar refractivity (Wildman–Crippen MR) is 79.7 cm³/mol. The fourth-order valence-corrected chi connectivity index (χ4v) is 2.48. The highest BCUT2D eigenvalue weighted by molar-refractivity contribution is 7.99. The van der Waals surface area contributed by atoms with Crippen molar-refractivity contribution >= 4 is 29.3 Å². The SMILES string of the molecule is C[C@@H](NC(=O)CSc1nncn1C)c1ccc(Cl)cc1. The minimum absolute atomic E-state index is 0.0413. The largest absolute Gasteiger partial charge is 0.349 e. The Kier molecular flexibility index (Phi) is 5.03. The van der Waals surface area contributed by atoms with Gasteiger partial charge in [0.05, 0.1) is 11.8 Å². The van der Waals surface area contributed by atoms with Gasteiger partial charge in [0.1, 0.15) is 6.33 Å². The average Bonchev–Trinajstić information content (AvgIpc) is 2.82. The maximum Gasteiger partial charge on any atom is 0.230 e. The Morgan fingerprint density at radius 2 is 2.15 bits per heavy atom. The first kappa shape index (κ1) is 14.9. The lowest BCUT2D eigenvalue weighted by atomic mass is 10.1. The number of nitrogens with zero attached hydrogens (tertiary/aromatic N) is 3. The molecule has 1 aromatic heterocycles. The molecule has 0 unspecified atom stereocenters. The number of halogens is 1. The van der Waals surface area contributed by atoms with E-state index in [4.69, 9.17) is 11.6 Å². The standard InChI is InChI=1S/C13H15ClN4OS/c1-9(10-3-5-11(14)6-4-10)16-12(19)7-20-13-17-15-8-18(13)2/h3-6,8-9H,7H2,1-2H3,(H,16,19)/t9-/m1/s1. The monoisotopic (exact) mass is 310 g/mol. The van der Waals surface area contributed by atoms with Gasteiger partial charge in [0.15, 0.2) is 5.16 Å². The third-order valence-corrected chi connectivity index (χ3v) is 4.04. The molecule has 20 heavy (non-hydrogen) atoms. The Bertz CT molecular complexity index is 584. The van der Waals surface area contributed by atoms with Gasteiger partial charge in [0, 0.05) is 12.1 Å². The first-order chi connectivity index (χ1) is 9.56. The van der Waals surface area contributed by atoms with Crippen molar-refractivity contribution in [3.63, 3.8) is 0 Å². The van der Waals surface area contributed by atoms with Crippen molar-refractivity contribution < 1.29 is 4.79 Å². The van der Waals surface area contributed by atoms with Gasteiger partial charge in [0.25, 0.3) is 0 Å². The maximum atomic E-state index is 11.9. The van der Waals surface area contributed by atoms with Crippen LogP contribution >= 0.6 is 23.4 Å². The second-order valence-corrected chi connectivity index (χ2v) is 5.73. The Hall–Kier alpha value is -1.53. The van der Waals surface area contributed by atoms with Crippen molar-refractivity contribution in [1.29, 1.82) is 0 Å². The van der Waals surface area contributed by atoms with E-state index in [1.165, 1.54) is 11.8 Å². The van der Waals surface area contributed by atoms with Crippen LogP contribution in [0.5, 0.6) is 0 Å². The second-order valence-electron chi connectivity index (χ2n) is 4.35. The van der Waals surface area contributed by atoms with Crippen molar-refractivity contribution in [2.75, 3.05) is 5.75 Å². The van der Waals surface area contributed by atoms with E-state index in [0.717, 1.165) is 10.7 Å². The molecule has 0 spiro atoms. The molecule has 0 aliphatic rings. The molecule has 0 bridgehead atoms. The van der Waals surface area contributed by atoms with E-state index in [-0.39, 0.29) is 11.9 Å². The van der Waals surface area contributed by atoms with Gasteiger partial charge in [-0.2, -0.15) is 0 Å². The number of carbonyl (C=O) groups excluding carboxylic acids is 1. The van der Waals surface area contributed by atoms with Crippen LogP contribution in [0.15, 0.2) is 35.7 Å². The van der Waals surface area contributed by atoms with Gasteiger partial charge in [0.2, 0.25) is 5.91 Å². The Morgan fingerprint density at radius 3 is 2.75 bits per heavy atom. The van der Waals surface area contributed by atoms with E-state index in [9.17, 15) is 4.79 Å². The average molecular weight is 311 g/mol. The number of rotatable bonds is 5. The van der Waals surface area contributed by atoms with E-state index in [1.54, 1.807) is 10.9 Å². The summed E-state index contributed by atoms with van der Waals surface area (Å²) in [4.78, 5) is 11.9. The molecule has 1 amide bonds. The molecule has 1 heterocycles. The summed E-state index contributed by atoms with van der Waals surface area (Å²) in [5.74, 6) is 0.269. The Morgan fingerprint density at radius 1 is 1.45 bits per heavy atom. The number of nitrogens with one attached hydrogen (secondary N) is 1. The van der Waals surface area contributed by atoms with Crippen LogP contribution in [0.25, 0.3) is 0 Å². The summed E-state index contributed by atoms with van der Waals surface area (Å²) >= 11 is 7.20. The van der Waals surface area contributed by atoms with Crippen LogP contribution in [0.3, 0.4) is 0 Å². The van der Waals surface area contributed by atoms with Gasteiger partial charge in [-0.3, -0.25) is 4.79 Å². The molecule has 0 aliphatic heterocycles. The molecule has 5 nitrogen and oxygen atoms in total. The zero-order valence-electron chi connectivity index (χ0n) is 11.2. The highest BCUT2D eigenvalue weighted by atomic mass is 35.5. The molecule has 1 aromatic carbocycles. The Balaban J connectivity index is 1.85. The lowest BCUT2D eigenvalue weighted by Crippen LogP contribution is -2.28. The zero-order valence-corrected chi connectivity index (χ0v) is 12.8. The van der Waals surface area contributed by atoms with E-state index in [2.05, 4.69) is 15.5 Å². The summed E-state index contributed by atoms with van der Waals surface area (Å²) in [5.41, 5.74) is 1.02. The van der Waals surface area contributed by atoms with Gasteiger partial charge < -0.3 is 9.88 Å². The molecule has 1 N–H and O–H groups in total. The molecule has 0 radical (unpaired) electrons. The number of amides is 1. The molecule has 7 heteroatoms. The molecule has 0 aliphatic carbocycles. The number of carbonyl (C=O) groups is 1. The smallest absolute Gasteiger partial charge is 0.230 e. The van der Waals surface area contributed by atoms with Crippen LogP contribution in [0.4, 0.5) is 0 Å².